The third-order valence-corrected chi connectivity index (χ3v) is 3.39. The lowest BCUT2D eigenvalue weighted by Crippen LogP contribution is -1.98. The van der Waals surface area contributed by atoms with Crippen molar-refractivity contribution in [2.75, 3.05) is 0 Å². The largest absolute Gasteiger partial charge is 0.476 e. The monoisotopic (exact) mass is 253 g/mol. The van der Waals surface area contributed by atoms with Gasteiger partial charge < -0.3 is 5.11 Å². The molecule has 2 rings (SSSR count). The van der Waals surface area contributed by atoms with Gasteiger partial charge in [0.15, 0.2) is 10.2 Å². The topological polar surface area (TPSA) is 50.2 Å². The van der Waals surface area contributed by atoms with Crippen molar-refractivity contribution in [2.24, 2.45) is 0 Å². The second-order valence-corrected chi connectivity index (χ2v) is 4.85. The van der Waals surface area contributed by atoms with Gasteiger partial charge in [-0.25, -0.2) is 9.78 Å². The number of carboxylic acids is 1. The maximum Gasteiger partial charge on any atom is 0.356 e. The smallest absolute Gasteiger partial charge is 0.356 e. The molecule has 0 aliphatic carbocycles. The molecule has 0 aliphatic rings. The van der Waals surface area contributed by atoms with E-state index in [1.165, 1.54) is 11.3 Å². The highest BCUT2D eigenvalue weighted by Gasteiger charge is 2.18. The van der Waals surface area contributed by atoms with Crippen LogP contribution in [0, 0.1) is 6.92 Å². The number of carbonyl (C=O) groups is 1. The van der Waals surface area contributed by atoms with Crippen LogP contribution in [0.3, 0.4) is 0 Å². The van der Waals surface area contributed by atoms with Gasteiger partial charge in [0.2, 0.25) is 0 Å². The van der Waals surface area contributed by atoms with Gasteiger partial charge in [0, 0.05) is 0 Å². The molecule has 0 saturated carbocycles. The number of aryl methyl sites for hydroxylation is 1. The Labute approximate surface area is 101 Å². The second-order valence-electron chi connectivity index (χ2n) is 3.26. The van der Waals surface area contributed by atoms with E-state index in [0.29, 0.717) is 4.88 Å². The van der Waals surface area contributed by atoms with Crippen LogP contribution in [-0.4, -0.2) is 16.1 Å². The van der Waals surface area contributed by atoms with Crippen molar-refractivity contribution in [3.63, 3.8) is 0 Å². The number of halogens is 1. The first-order valence-electron chi connectivity index (χ1n) is 4.55. The molecular formula is C11H8ClNO2S. The standard InChI is InChI=1S/C11H8ClNO2S/c1-6-4-2-3-5-7(6)9-8(10(14)15)13-11(12)16-9/h2-5H,1H3,(H,14,15). The van der Waals surface area contributed by atoms with Crippen LogP contribution in [0.5, 0.6) is 0 Å². The lowest BCUT2D eigenvalue weighted by Gasteiger charge is -2.02. The van der Waals surface area contributed by atoms with Crippen LogP contribution >= 0.6 is 22.9 Å². The minimum absolute atomic E-state index is 0.0179. The molecule has 1 N–H and O–H groups in total. The van der Waals surface area contributed by atoms with Crippen molar-refractivity contribution >= 4 is 28.9 Å². The van der Waals surface area contributed by atoms with Crippen molar-refractivity contribution in [3.05, 3.63) is 40.0 Å². The maximum absolute atomic E-state index is 11.0. The predicted molar refractivity (Wildman–Crippen MR) is 64.3 cm³/mol. The van der Waals surface area contributed by atoms with E-state index >= 15 is 0 Å². The summed E-state index contributed by atoms with van der Waals surface area (Å²) in [5.74, 6) is -1.05. The average Bonchev–Trinajstić information content (AvgIpc) is 2.61. The van der Waals surface area contributed by atoms with Crippen LogP contribution in [0.25, 0.3) is 10.4 Å². The molecule has 3 nitrogen and oxygen atoms in total. The fourth-order valence-corrected chi connectivity index (χ4v) is 2.64. The predicted octanol–water partition coefficient (Wildman–Crippen LogP) is 3.47. The summed E-state index contributed by atoms with van der Waals surface area (Å²) in [6.07, 6.45) is 0. The van der Waals surface area contributed by atoms with Crippen molar-refractivity contribution in [1.82, 2.24) is 4.98 Å². The summed E-state index contributed by atoms with van der Waals surface area (Å²) in [5, 5.41) is 9.02. The lowest BCUT2D eigenvalue weighted by atomic mass is 10.1. The molecule has 0 bridgehead atoms. The molecule has 1 heterocycles. The van der Waals surface area contributed by atoms with Crippen LogP contribution in [0.4, 0.5) is 0 Å². The van der Waals surface area contributed by atoms with Gasteiger partial charge in [-0.1, -0.05) is 35.9 Å². The van der Waals surface area contributed by atoms with Crippen molar-refractivity contribution in [2.45, 2.75) is 6.92 Å². The number of hydrogen-bond acceptors (Lipinski definition) is 3. The van der Waals surface area contributed by atoms with E-state index in [1.807, 2.05) is 31.2 Å². The fourth-order valence-electron chi connectivity index (χ4n) is 1.45. The Balaban J connectivity index is 2.64. The normalized spacial score (nSPS) is 10.4. The molecule has 16 heavy (non-hydrogen) atoms. The minimum atomic E-state index is -1.05. The van der Waals surface area contributed by atoms with Crippen LogP contribution in [0.2, 0.25) is 4.47 Å². The van der Waals surface area contributed by atoms with Crippen LogP contribution in [-0.2, 0) is 0 Å². The van der Waals surface area contributed by atoms with E-state index in [4.69, 9.17) is 16.7 Å². The Bertz CT molecular complexity index is 551. The first kappa shape index (κ1) is 11.1. The van der Waals surface area contributed by atoms with Crippen LogP contribution in [0.15, 0.2) is 24.3 Å². The summed E-state index contributed by atoms with van der Waals surface area (Å²) in [6, 6.07) is 7.56. The average molecular weight is 254 g/mol. The molecule has 0 amide bonds. The van der Waals surface area contributed by atoms with Crippen molar-refractivity contribution in [1.29, 1.82) is 0 Å². The summed E-state index contributed by atoms with van der Waals surface area (Å²) < 4.78 is 0.246. The zero-order chi connectivity index (χ0) is 11.7. The summed E-state index contributed by atoms with van der Waals surface area (Å²) in [7, 11) is 0. The molecule has 5 heteroatoms. The zero-order valence-corrected chi connectivity index (χ0v) is 9.97. The third kappa shape index (κ3) is 1.94. The fraction of sp³-hybridized carbons (Fsp3) is 0.0909. The van der Waals surface area contributed by atoms with Crippen molar-refractivity contribution in [3.8, 4) is 10.4 Å². The number of hydrogen-bond donors (Lipinski definition) is 1. The Morgan fingerprint density at radius 2 is 2.12 bits per heavy atom. The minimum Gasteiger partial charge on any atom is -0.476 e. The Morgan fingerprint density at radius 1 is 1.44 bits per heavy atom. The summed E-state index contributed by atoms with van der Waals surface area (Å²) in [6.45, 7) is 1.93. The van der Waals surface area contributed by atoms with E-state index < -0.39 is 5.97 Å². The van der Waals surface area contributed by atoms with E-state index in [0.717, 1.165) is 11.1 Å². The maximum atomic E-state index is 11.0. The SMILES string of the molecule is Cc1ccccc1-c1sc(Cl)nc1C(=O)O. The first-order valence-corrected chi connectivity index (χ1v) is 5.74. The summed E-state index contributed by atoms with van der Waals surface area (Å²) >= 11 is 6.94. The van der Waals surface area contributed by atoms with Crippen LogP contribution < -0.4 is 0 Å². The highest BCUT2D eigenvalue weighted by atomic mass is 35.5. The molecule has 1 aromatic heterocycles. The van der Waals surface area contributed by atoms with Gasteiger partial charge in [-0.3, -0.25) is 0 Å². The number of aromatic carboxylic acids is 1. The number of thiazole rings is 1. The van der Waals surface area contributed by atoms with Gasteiger partial charge in [-0.2, -0.15) is 0 Å². The highest BCUT2D eigenvalue weighted by molar-refractivity contribution is 7.19. The van der Waals surface area contributed by atoms with Gasteiger partial charge in [0.1, 0.15) is 0 Å². The molecule has 0 spiro atoms. The lowest BCUT2D eigenvalue weighted by molar-refractivity contribution is 0.0692. The van der Waals surface area contributed by atoms with Gasteiger partial charge in [0.25, 0.3) is 0 Å². The molecular weight excluding hydrogens is 246 g/mol. The molecule has 0 unspecified atom stereocenters. The molecule has 0 fully saturated rings. The Kier molecular flexibility index (Phi) is 2.94. The molecule has 0 atom stereocenters. The summed E-state index contributed by atoms with van der Waals surface area (Å²) in [5.41, 5.74) is 1.89. The molecule has 0 saturated heterocycles. The second kappa shape index (κ2) is 4.23. The van der Waals surface area contributed by atoms with Gasteiger partial charge in [-0.15, -0.1) is 11.3 Å². The zero-order valence-electron chi connectivity index (χ0n) is 8.40. The Morgan fingerprint density at radius 3 is 2.75 bits per heavy atom. The van der Waals surface area contributed by atoms with E-state index in [2.05, 4.69) is 4.98 Å². The van der Waals surface area contributed by atoms with Gasteiger partial charge in [-0.05, 0) is 18.1 Å². The number of nitrogens with zero attached hydrogens (tertiary/aromatic N) is 1. The third-order valence-electron chi connectivity index (χ3n) is 2.19. The molecule has 0 radical (unpaired) electrons. The quantitative estimate of drug-likeness (QED) is 0.892. The number of benzene rings is 1. The van der Waals surface area contributed by atoms with Crippen LogP contribution in [0.1, 0.15) is 16.1 Å². The van der Waals surface area contributed by atoms with E-state index in [9.17, 15) is 4.79 Å². The summed E-state index contributed by atoms with van der Waals surface area (Å²) in [4.78, 5) is 15.4. The first-order chi connectivity index (χ1) is 7.59. The number of rotatable bonds is 2. The molecule has 1 aromatic carbocycles. The molecule has 82 valence electrons. The number of carboxylic acid groups (broad SMARTS) is 1. The highest BCUT2D eigenvalue weighted by Crippen LogP contribution is 2.34. The van der Waals surface area contributed by atoms with Gasteiger partial charge >= 0.3 is 5.97 Å². The molecule has 0 aliphatic heterocycles. The Hall–Kier alpha value is -1.39. The van der Waals surface area contributed by atoms with Gasteiger partial charge in [0.05, 0.1) is 4.88 Å². The van der Waals surface area contributed by atoms with E-state index in [1.54, 1.807) is 0 Å². The van der Waals surface area contributed by atoms with Crippen molar-refractivity contribution < 1.29 is 9.90 Å². The number of aromatic nitrogens is 1. The van der Waals surface area contributed by atoms with E-state index in [-0.39, 0.29) is 10.2 Å². The molecule has 2 aromatic rings.